The lowest BCUT2D eigenvalue weighted by atomic mass is 9.92. The van der Waals surface area contributed by atoms with Crippen LogP contribution in [0.2, 0.25) is 0 Å². The second-order valence-electron chi connectivity index (χ2n) is 4.60. The van der Waals surface area contributed by atoms with Crippen LogP contribution in [-0.2, 0) is 0 Å². The minimum absolute atomic E-state index is 0.195. The number of nitrogens with zero attached hydrogens (tertiary/aromatic N) is 1. The third-order valence-electron chi connectivity index (χ3n) is 3.32. The van der Waals surface area contributed by atoms with E-state index in [1.54, 1.807) is 0 Å². The summed E-state index contributed by atoms with van der Waals surface area (Å²) in [5, 5.41) is 13.4. The van der Waals surface area contributed by atoms with Gasteiger partial charge in [-0.05, 0) is 31.9 Å². The predicted octanol–water partition coefficient (Wildman–Crippen LogP) is 2.04. The molecule has 1 aliphatic carbocycles. The van der Waals surface area contributed by atoms with E-state index < -0.39 is 0 Å². The summed E-state index contributed by atoms with van der Waals surface area (Å²) in [6.07, 6.45) is 5.97. The smallest absolute Gasteiger partial charge is 0.0693 e. The van der Waals surface area contributed by atoms with Crippen LogP contribution in [0.15, 0.2) is 24.4 Å². The quantitative estimate of drug-likeness (QED) is 0.819. The van der Waals surface area contributed by atoms with E-state index in [0.29, 0.717) is 0 Å². The average molecular weight is 220 g/mol. The van der Waals surface area contributed by atoms with E-state index >= 15 is 0 Å². The molecular weight excluding hydrogens is 200 g/mol. The van der Waals surface area contributed by atoms with Crippen molar-refractivity contribution in [3.05, 3.63) is 30.1 Å². The molecule has 88 valence electrons. The molecule has 0 saturated heterocycles. The summed E-state index contributed by atoms with van der Waals surface area (Å²) in [6, 6.07) is 6.38. The third-order valence-corrected chi connectivity index (χ3v) is 3.32. The van der Waals surface area contributed by atoms with Gasteiger partial charge in [-0.1, -0.05) is 18.9 Å². The van der Waals surface area contributed by atoms with Gasteiger partial charge in [0.05, 0.1) is 11.8 Å². The number of rotatable bonds is 3. The summed E-state index contributed by atoms with van der Waals surface area (Å²) in [5.74, 6) is 0. The lowest BCUT2D eigenvalue weighted by Crippen LogP contribution is -2.43. The van der Waals surface area contributed by atoms with E-state index in [4.69, 9.17) is 0 Å². The molecule has 0 aliphatic heterocycles. The topological polar surface area (TPSA) is 45.1 Å². The Morgan fingerprint density at radius 1 is 1.38 bits per heavy atom. The zero-order chi connectivity index (χ0) is 11.4. The highest BCUT2D eigenvalue weighted by Crippen LogP contribution is 2.21. The third kappa shape index (κ3) is 2.80. The van der Waals surface area contributed by atoms with Gasteiger partial charge >= 0.3 is 0 Å². The predicted molar refractivity (Wildman–Crippen MR) is 64.1 cm³/mol. The Balaban J connectivity index is 1.94. The van der Waals surface area contributed by atoms with Crippen molar-refractivity contribution in [2.45, 2.75) is 50.8 Å². The van der Waals surface area contributed by atoms with E-state index in [1.165, 1.54) is 6.42 Å². The highest BCUT2D eigenvalue weighted by Gasteiger charge is 2.24. The maximum Gasteiger partial charge on any atom is 0.0693 e. The minimum Gasteiger partial charge on any atom is -0.392 e. The van der Waals surface area contributed by atoms with Gasteiger partial charge in [0.1, 0.15) is 0 Å². The van der Waals surface area contributed by atoms with Crippen molar-refractivity contribution in [1.29, 1.82) is 0 Å². The fourth-order valence-corrected chi connectivity index (χ4v) is 2.34. The van der Waals surface area contributed by atoms with Crippen LogP contribution in [0, 0.1) is 0 Å². The molecular formula is C13H20N2O. The summed E-state index contributed by atoms with van der Waals surface area (Å²) in [4.78, 5) is 4.33. The second kappa shape index (κ2) is 5.41. The molecule has 1 fully saturated rings. The number of hydrogen-bond donors (Lipinski definition) is 2. The van der Waals surface area contributed by atoms with Crippen molar-refractivity contribution in [3.8, 4) is 0 Å². The monoisotopic (exact) mass is 220 g/mol. The Hall–Kier alpha value is -0.930. The molecule has 1 heterocycles. The van der Waals surface area contributed by atoms with Crippen LogP contribution in [0.1, 0.15) is 44.3 Å². The normalized spacial score (nSPS) is 27.6. The standard InChI is InChI=1S/C13H20N2O/c1-10(11-6-4-5-9-14-11)15-12-7-2-3-8-13(12)16/h4-6,9-10,12-13,15-16H,2-3,7-8H2,1H3/t10?,12-,13-/m1/s1. The first-order valence-electron chi connectivity index (χ1n) is 6.12. The van der Waals surface area contributed by atoms with Gasteiger partial charge in [0, 0.05) is 18.3 Å². The number of nitrogens with one attached hydrogen (secondary N) is 1. The van der Waals surface area contributed by atoms with Crippen LogP contribution in [0.25, 0.3) is 0 Å². The maximum absolute atomic E-state index is 9.88. The van der Waals surface area contributed by atoms with Gasteiger partial charge in [-0.25, -0.2) is 0 Å². The molecule has 0 radical (unpaired) electrons. The van der Waals surface area contributed by atoms with E-state index in [9.17, 15) is 5.11 Å². The zero-order valence-electron chi connectivity index (χ0n) is 9.76. The van der Waals surface area contributed by atoms with Gasteiger partial charge in [0.2, 0.25) is 0 Å². The van der Waals surface area contributed by atoms with Crippen LogP contribution < -0.4 is 5.32 Å². The summed E-state index contributed by atoms with van der Waals surface area (Å²) in [5.41, 5.74) is 1.04. The van der Waals surface area contributed by atoms with Gasteiger partial charge in [0.15, 0.2) is 0 Å². The number of aromatic nitrogens is 1. The first-order chi connectivity index (χ1) is 7.77. The molecule has 16 heavy (non-hydrogen) atoms. The molecule has 2 rings (SSSR count). The fourth-order valence-electron chi connectivity index (χ4n) is 2.34. The SMILES string of the molecule is CC(N[C@@H]1CCCC[C@H]1O)c1ccccn1. The molecule has 1 aromatic heterocycles. The molecule has 3 atom stereocenters. The van der Waals surface area contributed by atoms with Crippen molar-refractivity contribution in [2.75, 3.05) is 0 Å². The lowest BCUT2D eigenvalue weighted by molar-refractivity contribution is 0.0857. The number of hydrogen-bond acceptors (Lipinski definition) is 3. The fraction of sp³-hybridized carbons (Fsp3) is 0.615. The molecule has 2 N–H and O–H groups in total. The Kier molecular flexibility index (Phi) is 3.91. The second-order valence-corrected chi connectivity index (χ2v) is 4.60. The van der Waals surface area contributed by atoms with E-state index in [0.717, 1.165) is 25.0 Å². The number of aliphatic hydroxyl groups is 1. The molecule has 1 aromatic rings. The van der Waals surface area contributed by atoms with Crippen molar-refractivity contribution in [1.82, 2.24) is 10.3 Å². The van der Waals surface area contributed by atoms with Crippen molar-refractivity contribution in [2.24, 2.45) is 0 Å². The van der Waals surface area contributed by atoms with Crippen molar-refractivity contribution in [3.63, 3.8) is 0 Å². The van der Waals surface area contributed by atoms with E-state index in [-0.39, 0.29) is 18.2 Å². The molecule has 0 bridgehead atoms. The summed E-state index contributed by atoms with van der Waals surface area (Å²) >= 11 is 0. The van der Waals surface area contributed by atoms with Crippen LogP contribution in [-0.4, -0.2) is 22.2 Å². The summed E-state index contributed by atoms with van der Waals surface area (Å²) in [7, 11) is 0. The molecule has 1 aliphatic rings. The molecule has 3 heteroatoms. The van der Waals surface area contributed by atoms with Gasteiger partial charge < -0.3 is 10.4 Å². The van der Waals surface area contributed by atoms with Crippen molar-refractivity contribution >= 4 is 0 Å². The van der Waals surface area contributed by atoms with E-state index in [2.05, 4.69) is 17.2 Å². The summed E-state index contributed by atoms with van der Waals surface area (Å²) < 4.78 is 0. The first-order valence-corrected chi connectivity index (χ1v) is 6.12. The Morgan fingerprint density at radius 2 is 2.19 bits per heavy atom. The Labute approximate surface area is 96.9 Å². The van der Waals surface area contributed by atoms with Crippen LogP contribution in [0.5, 0.6) is 0 Å². The Morgan fingerprint density at radius 3 is 2.88 bits per heavy atom. The molecule has 1 unspecified atom stereocenters. The zero-order valence-corrected chi connectivity index (χ0v) is 9.76. The van der Waals surface area contributed by atoms with Gasteiger partial charge in [-0.15, -0.1) is 0 Å². The van der Waals surface area contributed by atoms with E-state index in [1.807, 2.05) is 24.4 Å². The van der Waals surface area contributed by atoms with Gasteiger partial charge in [-0.3, -0.25) is 4.98 Å². The highest BCUT2D eigenvalue weighted by atomic mass is 16.3. The number of aliphatic hydroxyl groups excluding tert-OH is 1. The molecule has 0 spiro atoms. The number of pyridine rings is 1. The van der Waals surface area contributed by atoms with Crippen LogP contribution >= 0.6 is 0 Å². The largest absolute Gasteiger partial charge is 0.392 e. The molecule has 3 nitrogen and oxygen atoms in total. The molecule has 0 amide bonds. The highest BCUT2D eigenvalue weighted by molar-refractivity contribution is 5.08. The van der Waals surface area contributed by atoms with Crippen LogP contribution in [0.3, 0.4) is 0 Å². The average Bonchev–Trinajstić information content (AvgIpc) is 2.33. The summed E-state index contributed by atoms with van der Waals surface area (Å²) in [6.45, 7) is 2.10. The van der Waals surface area contributed by atoms with Gasteiger partial charge in [-0.2, -0.15) is 0 Å². The minimum atomic E-state index is -0.195. The Bertz CT molecular complexity index is 315. The van der Waals surface area contributed by atoms with Crippen LogP contribution in [0.4, 0.5) is 0 Å². The van der Waals surface area contributed by atoms with Crippen molar-refractivity contribution < 1.29 is 5.11 Å². The van der Waals surface area contributed by atoms with Gasteiger partial charge in [0.25, 0.3) is 0 Å². The lowest BCUT2D eigenvalue weighted by Gasteiger charge is -2.30. The molecule has 1 saturated carbocycles. The first kappa shape index (κ1) is 11.6. The maximum atomic E-state index is 9.88. The molecule has 0 aromatic carbocycles.